The van der Waals surface area contributed by atoms with E-state index in [1.54, 1.807) is 12.1 Å². The van der Waals surface area contributed by atoms with E-state index < -0.39 is 11.2 Å². The van der Waals surface area contributed by atoms with Crippen molar-refractivity contribution in [2.75, 3.05) is 13.2 Å². The molecule has 152 valence electrons. The fourth-order valence-electron chi connectivity index (χ4n) is 4.15. The molecule has 0 bridgehead atoms. The summed E-state index contributed by atoms with van der Waals surface area (Å²) in [4.78, 5) is 0. The molecular weight excluding hydrogens is 390 g/mol. The van der Waals surface area contributed by atoms with Gasteiger partial charge in [-0.25, -0.2) is 8.78 Å². The molecule has 7 heteroatoms. The zero-order valence-electron chi connectivity index (χ0n) is 15.3. The Morgan fingerprint density at radius 1 is 0.786 bits per heavy atom. The van der Waals surface area contributed by atoms with Crippen molar-refractivity contribution in [2.45, 2.75) is 43.3 Å². The number of aliphatic hydroxyl groups excluding tert-OH is 2. The number of halogens is 3. The van der Waals surface area contributed by atoms with Gasteiger partial charge in [0.25, 0.3) is 0 Å². The molecule has 28 heavy (non-hydrogen) atoms. The predicted octanol–water partition coefficient (Wildman–Crippen LogP) is 3.59. The molecule has 0 aliphatic carbocycles. The Morgan fingerprint density at radius 2 is 1.21 bits per heavy atom. The zero-order chi connectivity index (χ0) is 19.1. The first-order chi connectivity index (χ1) is 13.0. The van der Waals surface area contributed by atoms with Crippen LogP contribution in [0.15, 0.2) is 36.4 Å². The minimum absolute atomic E-state index is 0. The highest BCUT2D eigenvalue weighted by Crippen LogP contribution is 2.43. The summed E-state index contributed by atoms with van der Waals surface area (Å²) in [5.41, 5.74) is -0.319. The van der Waals surface area contributed by atoms with Crippen molar-refractivity contribution < 1.29 is 28.5 Å². The van der Waals surface area contributed by atoms with Gasteiger partial charge in [-0.1, -0.05) is 0 Å². The van der Waals surface area contributed by atoms with Gasteiger partial charge in [0.05, 0.1) is 13.2 Å². The molecule has 2 atom stereocenters. The van der Waals surface area contributed by atoms with Crippen LogP contribution in [-0.2, 0) is 12.8 Å². The maximum atomic E-state index is 13.4. The fourth-order valence-corrected chi connectivity index (χ4v) is 4.15. The largest absolute Gasteiger partial charge is 0.484 e. The van der Waals surface area contributed by atoms with Gasteiger partial charge >= 0.3 is 0 Å². The average Bonchev–Trinajstić information content (AvgIpc) is 2.68. The first-order valence-corrected chi connectivity index (χ1v) is 9.13. The minimum atomic E-state index is -0.926. The molecule has 4 rings (SSSR count). The Kier molecular flexibility index (Phi) is 5.84. The molecule has 0 saturated heterocycles. The van der Waals surface area contributed by atoms with Gasteiger partial charge in [0.15, 0.2) is 0 Å². The van der Waals surface area contributed by atoms with Gasteiger partial charge in [-0.05, 0) is 73.2 Å². The maximum absolute atomic E-state index is 13.4. The van der Waals surface area contributed by atoms with E-state index in [9.17, 15) is 19.0 Å². The summed E-state index contributed by atoms with van der Waals surface area (Å²) in [5, 5.41) is 20.2. The Morgan fingerprint density at radius 3 is 1.61 bits per heavy atom. The van der Waals surface area contributed by atoms with Crippen molar-refractivity contribution in [3.05, 3.63) is 59.2 Å². The average molecular weight is 413 g/mol. The van der Waals surface area contributed by atoms with E-state index in [4.69, 9.17) is 9.47 Å². The van der Waals surface area contributed by atoms with E-state index >= 15 is 0 Å². The molecule has 2 N–H and O–H groups in total. The lowest BCUT2D eigenvalue weighted by Crippen LogP contribution is -2.55. The van der Waals surface area contributed by atoms with Crippen LogP contribution < -0.4 is 9.47 Å². The molecule has 2 unspecified atom stereocenters. The van der Waals surface area contributed by atoms with Crippen molar-refractivity contribution in [2.24, 2.45) is 0 Å². The first-order valence-electron chi connectivity index (χ1n) is 9.13. The number of rotatable bonds is 4. The highest BCUT2D eigenvalue weighted by Gasteiger charge is 2.47. The van der Waals surface area contributed by atoms with Crippen molar-refractivity contribution in [3.63, 3.8) is 0 Å². The second kappa shape index (κ2) is 7.85. The molecule has 2 aliphatic heterocycles. The van der Waals surface area contributed by atoms with Crippen LogP contribution in [0.5, 0.6) is 11.5 Å². The summed E-state index contributed by atoms with van der Waals surface area (Å²) >= 11 is 0. The highest BCUT2D eigenvalue weighted by molar-refractivity contribution is 5.85. The monoisotopic (exact) mass is 412 g/mol. The third-order valence-electron chi connectivity index (χ3n) is 5.62. The number of benzene rings is 2. The summed E-state index contributed by atoms with van der Waals surface area (Å²) in [5.74, 6) is 0.450. The highest BCUT2D eigenvalue weighted by atomic mass is 35.5. The Bertz CT molecular complexity index is 793. The Labute approximate surface area is 168 Å². The van der Waals surface area contributed by atoms with Crippen LogP contribution in [0.4, 0.5) is 8.78 Å². The Hall–Kier alpha value is -1.89. The SMILES string of the molecule is Cl.OCC1(CC2(CO)CCc3cc(F)ccc3O2)CCc2cc(F)ccc2O1. The molecule has 0 radical (unpaired) electrons. The second-order valence-electron chi connectivity index (χ2n) is 7.57. The van der Waals surface area contributed by atoms with Gasteiger partial charge in [0.2, 0.25) is 0 Å². The van der Waals surface area contributed by atoms with Crippen LogP contribution in [-0.4, -0.2) is 34.6 Å². The molecular formula is C21H23ClF2O4. The molecule has 0 saturated carbocycles. The first kappa shape index (κ1) is 20.8. The predicted molar refractivity (Wildman–Crippen MR) is 102 cm³/mol. The summed E-state index contributed by atoms with van der Waals surface area (Å²) in [6, 6.07) is 8.69. The normalized spacial score (nSPS) is 25.6. The zero-order valence-corrected chi connectivity index (χ0v) is 16.1. The standard InChI is InChI=1S/C21H22F2O4.ClH/c22-16-1-3-18-14(9-16)5-7-20(12-24,26-18)11-21(13-25)8-6-15-10-17(23)2-4-19(15)27-21;/h1-4,9-10,24-25H,5-8,11-13H2;1H. The van der Waals surface area contributed by atoms with Crippen molar-refractivity contribution in [1.82, 2.24) is 0 Å². The lowest BCUT2D eigenvalue weighted by Gasteiger charge is -2.45. The van der Waals surface area contributed by atoms with Crippen molar-refractivity contribution in [3.8, 4) is 11.5 Å². The molecule has 2 aliphatic rings. The number of fused-ring (bicyclic) bond motifs is 2. The Balaban J connectivity index is 0.00000225. The van der Waals surface area contributed by atoms with Crippen molar-refractivity contribution >= 4 is 12.4 Å². The molecule has 2 heterocycles. The van der Waals surface area contributed by atoms with Crippen LogP contribution in [0.1, 0.15) is 30.4 Å². The second-order valence-corrected chi connectivity index (χ2v) is 7.57. The van der Waals surface area contributed by atoms with E-state index in [0.717, 1.165) is 11.1 Å². The van der Waals surface area contributed by atoms with Crippen molar-refractivity contribution in [1.29, 1.82) is 0 Å². The molecule has 0 spiro atoms. The van der Waals surface area contributed by atoms with E-state index in [1.807, 2.05) is 0 Å². The number of ether oxygens (including phenoxy) is 2. The topological polar surface area (TPSA) is 58.9 Å². The van der Waals surface area contributed by atoms with E-state index in [0.29, 0.717) is 37.2 Å². The maximum Gasteiger partial charge on any atom is 0.136 e. The van der Waals surface area contributed by atoms with E-state index in [-0.39, 0.29) is 43.7 Å². The number of hydrogen-bond donors (Lipinski definition) is 2. The molecule has 4 nitrogen and oxygen atoms in total. The lowest BCUT2D eigenvalue weighted by atomic mass is 9.78. The van der Waals surface area contributed by atoms with Crippen LogP contribution in [0.2, 0.25) is 0 Å². The molecule has 0 fully saturated rings. The third kappa shape index (κ3) is 3.81. The summed E-state index contributed by atoms with van der Waals surface area (Å²) < 4.78 is 39.1. The number of aryl methyl sites for hydroxylation is 2. The van der Waals surface area contributed by atoms with Crippen LogP contribution in [0.25, 0.3) is 0 Å². The number of aliphatic hydroxyl groups is 2. The van der Waals surface area contributed by atoms with E-state index in [2.05, 4.69) is 0 Å². The summed E-state index contributed by atoms with van der Waals surface area (Å²) in [7, 11) is 0. The van der Waals surface area contributed by atoms with Gasteiger partial charge in [0, 0.05) is 6.42 Å². The summed E-state index contributed by atoms with van der Waals surface area (Å²) in [6.07, 6.45) is 2.39. The van der Waals surface area contributed by atoms with Crippen LogP contribution in [0, 0.1) is 11.6 Å². The quantitative estimate of drug-likeness (QED) is 0.805. The number of hydrogen-bond acceptors (Lipinski definition) is 4. The smallest absolute Gasteiger partial charge is 0.136 e. The van der Waals surface area contributed by atoms with E-state index in [1.165, 1.54) is 24.3 Å². The molecule has 0 amide bonds. The third-order valence-corrected chi connectivity index (χ3v) is 5.62. The molecule has 2 aromatic rings. The fraction of sp³-hybridized carbons (Fsp3) is 0.429. The van der Waals surface area contributed by atoms with Gasteiger partial charge in [-0.15, -0.1) is 12.4 Å². The van der Waals surface area contributed by atoms with Gasteiger partial charge < -0.3 is 19.7 Å². The van der Waals surface area contributed by atoms with Gasteiger partial charge in [0.1, 0.15) is 34.3 Å². The molecule has 0 aromatic heterocycles. The minimum Gasteiger partial charge on any atom is -0.484 e. The summed E-state index contributed by atoms with van der Waals surface area (Å²) in [6.45, 7) is -0.490. The lowest BCUT2D eigenvalue weighted by molar-refractivity contribution is -0.0971. The van der Waals surface area contributed by atoms with Crippen LogP contribution >= 0.6 is 12.4 Å². The van der Waals surface area contributed by atoms with Crippen LogP contribution in [0.3, 0.4) is 0 Å². The molecule has 2 aromatic carbocycles. The van der Waals surface area contributed by atoms with Gasteiger partial charge in [-0.2, -0.15) is 0 Å². The van der Waals surface area contributed by atoms with Gasteiger partial charge in [-0.3, -0.25) is 0 Å².